The molecule has 1 aromatic carbocycles. The first-order chi connectivity index (χ1) is 11.6. The van der Waals surface area contributed by atoms with Crippen LogP contribution in [0.25, 0.3) is 5.69 Å². The monoisotopic (exact) mass is 348 g/mol. The Morgan fingerprint density at radius 2 is 2.12 bits per heavy atom. The van der Waals surface area contributed by atoms with Crippen molar-refractivity contribution in [2.75, 3.05) is 19.0 Å². The number of hydrogen-bond acceptors (Lipinski definition) is 6. The summed E-state index contributed by atoms with van der Waals surface area (Å²) < 4.78 is 12.9. The Bertz CT molecular complexity index is 747. The average Bonchev–Trinajstić information content (AvgIpc) is 2.98. The maximum atomic E-state index is 11.2. The topological polar surface area (TPSA) is 92.3 Å². The van der Waals surface area contributed by atoms with Gasteiger partial charge in [0.1, 0.15) is 19.0 Å². The molecule has 3 rings (SSSR count). The van der Waals surface area contributed by atoms with Crippen LogP contribution < -0.4 is 15.2 Å². The molecule has 0 aliphatic carbocycles. The molecule has 0 spiro atoms. The molecule has 0 bridgehead atoms. The highest BCUT2D eigenvalue weighted by Crippen LogP contribution is 2.34. The van der Waals surface area contributed by atoms with E-state index in [1.807, 2.05) is 18.2 Å². The fraction of sp³-hybridized carbons (Fsp3) is 0.438. The first kappa shape index (κ1) is 16.6. The molecule has 8 heteroatoms. The summed E-state index contributed by atoms with van der Waals surface area (Å²) in [6.07, 6.45) is 0.0219. The van der Waals surface area contributed by atoms with Crippen LogP contribution in [0, 0.1) is 0 Å². The fourth-order valence-corrected chi connectivity index (χ4v) is 3.34. The van der Waals surface area contributed by atoms with Crippen LogP contribution in [0.2, 0.25) is 0 Å². The highest BCUT2D eigenvalue weighted by molar-refractivity contribution is 7.99. The van der Waals surface area contributed by atoms with Crippen molar-refractivity contribution in [1.29, 1.82) is 0 Å². The predicted molar refractivity (Wildman–Crippen MR) is 91.8 cm³/mol. The lowest BCUT2D eigenvalue weighted by Crippen LogP contribution is -2.16. The molecule has 1 aliphatic heterocycles. The third-order valence-corrected chi connectivity index (χ3v) is 4.60. The molecule has 1 atom stereocenters. The van der Waals surface area contributed by atoms with Crippen molar-refractivity contribution in [2.45, 2.75) is 25.5 Å². The normalized spacial score (nSPS) is 14.4. The van der Waals surface area contributed by atoms with E-state index in [4.69, 9.17) is 15.2 Å². The Balaban J connectivity index is 2.01. The van der Waals surface area contributed by atoms with Crippen LogP contribution in [-0.4, -0.2) is 39.6 Å². The van der Waals surface area contributed by atoms with Crippen LogP contribution in [-0.2, 0) is 11.2 Å². The maximum absolute atomic E-state index is 11.2. The summed E-state index contributed by atoms with van der Waals surface area (Å²) in [5.74, 6) is 3.13. The van der Waals surface area contributed by atoms with Gasteiger partial charge < -0.3 is 15.2 Å². The molecule has 0 saturated heterocycles. The molecule has 2 N–H and O–H groups in total. The van der Waals surface area contributed by atoms with E-state index >= 15 is 0 Å². The second-order valence-electron chi connectivity index (χ2n) is 5.37. The molecule has 24 heavy (non-hydrogen) atoms. The summed E-state index contributed by atoms with van der Waals surface area (Å²) in [6.45, 7) is 5.24. The van der Waals surface area contributed by atoms with Crippen molar-refractivity contribution in [3.8, 4) is 17.2 Å². The van der Waals surface area contributed by atoms with Gasteiger partial charge in [-0.2, -0.15) is 16.9 Å². The van der Waals surface area contributed by atoms with Gasteiger partial charge >= 0.3 is 0 Å². The van der Waals surface area contributed by atoms with Gasteiger partial charge in [-0.3, -0.25) is 4.79 Å². The summed E-state index contributed by atoms with van der Waals surface area (Å²) in [5.41, 5.74) is 6.10. The van der Waals surface area contributed by atoms with Gasteiger partial charge in [-0.1, -0.05) is 6.92 Å². The van der Waals surface area contributed by atoms with Gasteiger partial charge in [0.25, 0.3) is 0 Å². The number of carbonyl (C=O) groups excluding carboxylic acids is 1. The molecular weight excluding hydrogens is 328 g/mol. The molecule has 7 nitrogen and oxygen atoms in total. The minimum Gasteiger partial charge on any atom is -0.486 e. The van der Waals surface area contributed by atoms with Crippen molar-refractivity contribution in [3.63, 3.8) is 0 Å². The summed E-state index contributed by atoms with van der Waals surface area (Å²) >= 11 is 1.76. The van der Waals surface area contributed by atoms with Gasteiger partial charge in [0.15, 0.2) is 17.3 Å². The predicted octanol–water partition coefficient (Wildman–Crippen LogP) is 1.88. The number of carbonyl (C=O) groups is 1. The van der Waals surface area contributed by atoms with Crippen molar-refractivity contribution >= 4 is 17.7 Å². The molecule has 2 heterocycles. The molecule has 0 unspecified atom stereocenters. The third kappa shape index (κ3) is 3.48. The van der Waals surface area contributed by atoms with Crippen molar-refractivity contribution in [1.82, 2.24) is 14.8 Å². The Morgan fingerprint density at radius 3 is 2.83 bits per heavy atom. The number of rotatable bonds is 6. The number of nitrogens with zero attached hydrogens (tertiary/aromatic N) is 3. The van der Waals surface area contributed by atoms with Gasteiger partial charge in [-0.05, 0) is 24.8 Å². The first-order valence-electron chi connectivity index (χ1n) is 7.84. The molecule has 0 saturated carbocycles. The molecule has 0 fully saturated rings. The number of aromatic nitrogens is 3. The quantitative estimate of drug-likeness (QED) is 0.857. The third-order valence-electron chi connectivity index (χ3n) is 3.56. The number of ether oxygens (including phenoxy) is 2. The van der Waals surface area contributed by atoms with E-state index in [9.17, 15) is 4.79 Å². The number of amides is 1. The summed E-state index contributed by atoms with van der Waals surface area (Å²) in [7, 11) is 0. The number of thioether (sulfide) groups is 1. The molecule has 128 valence electrons. The minimum atomic E-state index is -0.448. The van der Waals surface area contributed by atoms with Crippen molar-refractivity contribution < 1.29 is 14.3 Å². The highest BCUT2D eigenvalue weighted by Gasteiger charge is 2.20. The Morgan fingerprint density at radius 1 is 1.38 bits per heavy atom. The lowest BCUT2D eigenvalue weighted by atomic mass is 10.2. The van der Waals surface area contributed by atoms with E-state index in [0.717, 1.165) is 23.0 Å². The van der Waals surface area contributed by atoms with E-state index in [1.54, 1.807) is 16.4 Å². The summed E-state index contributed by atoms with van der Waals surface area (Å²) in [4.78, 5) is 15.7. The van der Waals surface area contributed by atoms with Crippen LogP contribution in [0.4, 0.5) is 0 Å². The Kier molecular flexibility index (Phi) is 4.94. The number of hydrogen-bond donors (Lipinski definition) is 1. The molecule has 1 aliphatic rings. The second kappa shape index (κ2) is 7.12. The molecule has 2 aromatic rings. The van der Waals surface area contributed by atoms with Crippen LogP contribution in [0.5, 0.6) is 11.5 Å². The van der Waals surface area contributed by atoms with Crippen LogP contribution in [0.1, 0.15) is 30.7 Å². The number of nitrogens with two attached hydrogens (primary N) is 1. The van der Waals surface area contributed by atoms with Gasteiger partial charge in [0.05, 0.1) is 17.4 Å². The first-order valence-corrected chi connectivity index (χ1v) is 8.89. The van der Waals surface area contributed by atoms with Gasteiger partial charge in [-0.25, -0.2) is 9.67 Å². The number of primary amides is 1. The van der Waals surface area contributed by atoms with Crippen LogP contribution >= 0.6 is 11.8 Å². The highest BCUT2D eigenvalue weighted by atomic mass is 32.2. The Labute approximate surface area is 144 Å². The SMILES string of the molecule is CCS[C@@H](C)c1nc(CC(N)=O)nn1-c1ccc2c(c1)OCCO2. The molecular formula is C16H20N4O3S. The summed E-state index contributed by atoms with van der Waals surface area (Å²) in [5, 5.41) is 4.60. The summed E-state index contributed by atoms with van der Waals surface area (Å²) in [6, 6.07) is 5.65. The van der Waals surface area contributed by atoms with Crippen LogP contribution in [0.15, 0.2) is 18.2 Å². The van der Waals surface area contributed by atoms with E-state index < -0.39 is 5.91 Å². The fourth-order valence-electron chi connectivity index (χ4n) is 2.54. The van der Waals surface area contributed by atoms with Crippen molar-refractivity contribution in [2.24, 2.45) is 5.73 Å². The smallest absolute Gasteiger partial charge is 0.225 e. The Hall–Kier alpha value is -2.22. The lowest BCUT2D eigenvalue weighted by Gasteiger charge is -2.19. The van der Waals surface area contributed by atoms with E-state index in [1.165, 1.54) is 0 Å². The maximum Gasteiger partial charge on any atom is 0.225 e. The van der Waals surface area contributed by atoms with Gasteiger partial charge in [0, 0.05) is 6.07 Å². The van der Waals surface area contributed by atoms with E-state index in [0.29, 0.717) is 24.8 Å². The standard InChI is InChI=1S/C16H20N4O3S/c1-3-24-10(2)16-18-15(9-14(17)21)19-20(16)11-4-5-12-13(8-11)23-7-6-22-12/h4-5,8,10H,3,6-7,9H2,1-2H3,(H2,17,21)/t10-/m0/s1. The zero-order chi connectivity index (χ0) is 17.1. The van der Waals surface area contributed by atoms with Gasteiger partial charge in [-0.15, -0.1) is 0 Å². The molecule has 0 radical (unpaired) electrons. The van der Waals surface area contributed by atoms with E-state index in [-0.39, 0.29) is 11.7 Å². The zero-order valence-corrected chi connectivity index (χ0v) is 14.5. The molecule has 1 amide bonds. The van der Waals surface area contributed by atoms with Crippen LogP contribution in [0.3, 0.4) is 0 Å². The lowest BCUT2D eigenvalue weighted by molar-refractivity contribution is -0.117. The zero-order valence-electron chi connectivity index (χ0n) is 13.7. The average molecular weight is 348 g/mol. The molecule has 1 aromatic heterocycles. The largest absolute Gasteiger partial charge is 0.486 e. The van der Waals surface area contributed by atoms with E-state index in [2.05, 4.69) is 23.9 Å². The number of benzene rings is 1. The second-order valence-corrected chi connectivity index (χ2v) is 6.98. The number of fused-ring (bicyclic) bond motifs is 1. The van der Waals surface area contributed by atoms with Gasteiger partial charge in [0.2, 0.25) is 5.91 Å². The van der Waals surface area contributed by atoms with Crippen molar-refractivity contribution in [3.05, 3.63) is 29.8 Å². The minimum absolute atomic E-state index is 0.0219.